The number of anilines is 1. The van der Waals surface area contributed by atoms with Gasteiger partial charge in [-0.25, -0.2) is 9.78 Å². The number of rotatable bonds is 10. The van der Waals surface area contributed by atoms with Crippen LogP contribution in [0.25, 0.3) is 11.3 Å². The van der Waals surface area contributed by atoms with Crippen molar-refractivity contribution in [1.82, 2.24) is 10.3 Å². The maximum atomic E-state index is 11.8. The fraction of sp³-hybridized carbons (Fsp3) is 0.292. The number of carboxylic acid groups (broad SMARTS) is 1. The summed E-state index contributed by atoms with van der Waals surface area (Å²) in [7, 11) is 0. The first kappa shape index (κ1) is 26.0. The molecule has 9 heteroatoms. The number of amides is 1. The average Bonchev–Trinajstić information content (AvgIpc) is 3.27. The van der Waals surface area contributed by atoms with Crippen molar-refractivity contribution in [1.29, 1.82) is 0 Å². The van der Waals surface area contributed by atoms with Gasteiger partial charge in [0.25, 0.3) is 0 Å². The lowest BCUT2D eigenvalue weighted by molar-refractivity contribution is -0.142. The van der Waals surface area contributed by atoms with Gasteiger partial charge in [-0.15, -0.1) is 11.3 Å². The Balaban J connectivity index is 0.000000268. The standard InChI is InChI=1S/C15H23N3O3.C9H8N2S/c16-10-4-7-12(17)14(19)18-13(15(20)21)9-8-11-5-2-1-3-6-11;10-9-11-8(6-12-9)7-4-2-1-3-5-7/h1-3,5-6,12-13H,4,7-10,16-17H2,(H,18,19)(H,20,21);1-6H,(H2,10,11)/t12-,13+;/m0./s1. The van der Waals surface area contributed by atoms with Crippen molar-refractivity contribution in [3.05, 3.63) is 71.6 Å². The normalized spacial score (nSPS) is 12.2. The summed E-state index contributed by atoms with van der Waals surface area (Å²) in [6.45, 7) is 0.456. The van der Waals surface area contributed by atoms with Crippen LogP contribution in [-0.4, -0.2) is 40.6 Å². The first-order valence-electron chi connectivity index (χ1n) is 10.7. The van der Waals surface area contributed by atoms with Crippen molar-refractivity contribution in [3.8, 4) is 11.3 Å². The van der Waals surface area contributed by atoms with E-state index in [1.807, 2.05) is 66.0 Å². The number of hydrogen-bond donors (Lipinski definition) is 5. The smallest absolute Gasteiger partial charge is 0.326 e. The molecule has 1 aromatic heterocycles. The highest BCUT2D eigenvalue weighted by Crippen LogP contribution is 2.22. The van der Waals surface area contributed by atoms with Crippen LogP contribution in [0.3, 0.4) is 0 Å². The van der Waals surface area contributed by atoms with Crippen LogP contribution in [0.2, 0.25) is 0 Å². The van der Waals surface area contributed by atoms with Crippen molar-refractivity contribution in [2.45, 2.75) is 37.8 Å². The van der Waals surface area contributed by atoms with Gasteiger partial charge in [0.15, 0.2) is 5.13 Å². The third-order valence-electron chi connectivity index (χ3n) is 4.83. The van der Waals surface area contributed by atoms with Gasteiger partial charge in [-0.2, -0.15) is 0 Å². The number of nitrogens with one attached hydrogen (secondary N) is 1. The number of carboxylic acids is 1. The highest BCUT2D eigenvalue weighted by atomic mass is 32.1. The Morgan fingerprint density at radius 3 is 2.21 bits per heavy atom. The molecule has 3 aromatic rings. The van der Waals surface area contributed by atoms with Crippen LogP contribution in [0.1, 0.15) is 24.8 Å². The van der Waals surface area contributed by atoms with Gasteiger partial charge >= 0.3 is 5.97 Å². The molecule has 0 aliphatic carbocycles. The molecule has 0 aliphatic heterocycles. The largest absolute Gasteiger partial charge is 0.480 e. The molecule has 8 N–H and O–H groups in total. The van der Waals surface area contributed by atoms with Crippen LogP contribution in [0, 0.1) is 0 Å². The second kappa shape index (κ2) is 14.0. The highest BCUT2D eigenvalue weighted by Gasteiger charge is 2.22. The molecule has 0 spiro atoms. The number of nitrogens with zero attached hydrogens (tertiary/aromatic N) is 1. The molecule has 0 unspecified atom stereocenters. The van der Waals surface area contributed by atoms with Gasteiger partial charge in [0.1, 0.15) is 6.04 Å². The first-order chi connectivity index (χ1) is 15.9. The zero-order valence-corrected chi connectivity index (χ0v) is 19.2. The Kier molecular flexibility index (Phi) is 11.0. The number of benzene rings is 2. The van der Waals surface area contributed by atoms with Gasteiger partial charge < -0.3 is 27.6 Å². The Morgan fingerprint density at radius 2 is 1.67 bits per heavy atom. The maximum Gasteiger partial charge on any atom is 0.326 e. The van der Waals surface area contributed by atoms with E-state index in [1.54, 1.807) is 0 Å². The summed E-state index contributed by atoms with van der Waals surface area (Å²) in [5.41, 5.74) is 19.7. The lowest BCUT2D eigenvalue weighted by atomic mass is 10.0. The number of hydrogen-bond acceptors (Lipinski definition) is 7. The number of carbonyl (C=O) groups is 2. The van der Waals surface area contributed by atoms with Crippen LogP contribution < -0.4 is 22.5 Å². The number of nitrogen functional groups attached to an aromatic ring is 1. The molecular weight excluding hydrogens is 438 g/mol. The van der Waals surface area contributed by atoms with Crippen LogP contribution in [0.15, 0.2) is 66.0 Å². The monoisotopic (exact) mass is 469 g/mol. The van der Waals surface area contributed by atoms with Crippen molar-refractivity contribution in [3.63, 3.8) is 0 Å². The van der Waals surface area contributed by atoms with E-state index >= 15 is 0 Å². The summed E-state index contributed by atoms with van der Waals surface area (Å²) in [6.07, 6.45) is 1.99. The molecule has 0 aliphatic rings. The maximum absolute atomic E-state index is 11.8. The third kappa shape index (κ3) is 9.40. The Bertz CT molecular complexity index is 982. The SMILES string of the molecule is NCCC[C@H](N)C(=O)N[C@H](CCc1ccccc1)C(=O)O.Nc1nc(-c2ccccc2)cs1. The molecule has 176 valence electrons. The first-order valence-corrected chi connectivity index (χ1v) is 11.6. The van der Waals surface area contributed by atoms with E-state index in [2.05, 4.69) is 10.3 Å². The number of nitrogens with two attached hydrogens (primary N) is 3. The zero-order valence-electron chi connectivity index (χ0n) is 18.4. The summed E-state index contributed by atoms with van der Waals surface area (Å²) in [6, 6.07) is 17.9. The molecule has 3 rings (SSSR count). The fourth-order valence-electron chi connectivity index (χ4n) is 2.99. The van der Waals surface area contributed by atoms with Gasteiger partial charge in [-0.1, -0.05) is 60.7 Å². The van der Waals surface area contributed by atoms with E-state index in [0.717, 1.165) is 16.8 Å². The topological polar surface area (TPSA) is 157 Å². The van der Waals surface area contributed by atoms with Crippen molar-refractivity contribution in [2.75, 3.05) is 12.3 Å². The van der Waals surface area contributed by atoms with Gasteiger partial charge in [-0.3, -0.25) is 4.79 Å². The van der Waals surface area contributed by atoms with Crippen LogP contribution >= 0.6 is 11.3 Å². The molecule has 2 atom stereocenters. The van der Waals surface area contributed by atoms with Crippen LogP contribution in [-0.2, 0) is 16.0 Å². The molecule has 0 fully saturated rings. The predicted molar refractivity (Wildman–Crippen MR) is 133 cm³/mol. The van der Waals surface area contributed by atoms with Crippen LogP contribution in [0.5, 0.6) is 0 Å². The van der Waals surface area contributed by atoms with Crippen molar-refractivity contribution < 1.29 is 14.7 Å². The fourth-order valence-corrected chi connectivity index (χ4v) is 3.56. The highest BCUT2D eigenvalue weighted by molar-refractivity contribution is 7.13. The van der Waals surface area contributed by atoms with Gasteiger partial charge in [0.05, 0.1) is 11.7 Å². The third-order valence-corrected chi connectivity index (χ3v) is 5.50. The van der Waals surface area contributed by atoms with E-state index in [1.165, 1.54) is 11.3 Å². The summed E-state index contributed by atoms with van der Waals surface area (Å²) < 4.78 is 0. The molecule has 0 saturated heterocycles. The molecule has 33 heavy (non-hydrogen) atoms. The summed E-state index contributed by atoms with van der Waals surface area (Å²) in [4.78, 5) is 27.2. The summed E-state index contributed by atoms with van der Waals surface area (Å²) in [5, 5.41) is 14.3. The van der Waals surface area contributed by atoms with Gasteiger partial charge in [0, 0.05) is 10.9 Å². The molecule has 0 bridgehead atoms. The Hall–Kier alpha value is -3.27. The van der Waals surface area contributed by atoms with Gasteiger partial charge in [0.2, 0.25) is 5.91 Å². The lowest BCUT2D eigenvalue weighted by Crippen LogP contribution is -2.48. The van der Waals surface area contributed by atoms with E-state index in [0.29, 0.717) is 37.4 Å². The summed E-state index contributed by atoms with van der Waals surface area (Å²) >= 11 is 1.47. The van der Waals surface area contributed by atoms with E-state index in [4.69, 9.17) is 17.2 Å². The molecule has 0 radical (unpaired) electrons. The lowest BCUT2D eigenvalue weighted by Gasteiger charge is -2.17. The minimum atomic E-state index is -1.05. The quantitative estimate of drug-likeness (QED) is 0.305. The minimum Gasteiger partial charge on any atom is -0.480 e. The van der Waals surface area contributed by atoms with Gasteiger partial charge in [-0.05, 0) is 37.8 Å². The summed E-state index contributed by atoms with van der Waals surface area (Å²) in [5.74, 6) is -1.49. The van der Waals surface area contributed by atoms with Crippen LogP contribution in [0.4, 0.5) is 5.13 Å². The molecule has 1 amide bonds. The van der Waals surface area contributed by atoms with E-state index < -0.39 is 24.0 Å². The number of aliphatic carboxylic acids is 1. The average molecular weight is 470 g/mol. The second-order valence-corrected chi connectivity index (χ2v) is 8.29. The van der Waals surface area contributed by atoms with Crippen molar-refractivity contribution >= 4 is 28.3 Å². The predicted octanol–water partition coefficient (Wildman–Crippen LogP) is 2.65. The molecular formula is C24H31N5O3S. The Morgan fingerprint density at radius 1 is 1.03 bits per heavy atom. The number of aromatic nitrogens is 1. The Labute approximate surface area is 197 Å². The zero-order chi connectivity index (χ0) is 24.1. The van der Waals surface area contributed by atoms with E-state index in [9.17, 15) is 14.7 Å². The minimum absolute atomic E-state index is 0.328. The number of carbonyl (C=O) groups excluding carboxylic acids is 1. The molecule has 2 aromatic carbocycles. The van der Waals surface area contributed by atoms with E-state index in [-0.39, 0.29) is 0 Å². The van der Waals surface area contributed by atoms with Crippen molar-refractivity contribution in [2.24, 2.45) is 11.5 Å². The molecule has 1 heterocycles. The molecule has 8 nitrogen and oxygen atoms in total. The second-order valence-electron chi connectivity index (χ2n) is 7.40. The number of thiazole rings is 1. The molecule has 0 saturated carbocycles. The number of aryl methyl sites for hydroxylation is 1.